The van der Waals surface area contributed by atoms with Gasteiger partial charge in [-0.25, -0.2) is 0 Å². The van der Waals surface area contributed by atoms with Gasteiger partial charge in [0.15, 0.2) is 0 Å². The molecule has 0 fully saturated rings. The van der Waals surface area contributed by atoms with Gasteiger partial charge in [0, 0.05) is 19.5 Å². The van der Waals surface area contributed by atoms with Gasteiger partial charge in [-0.1, -0.05) is 36.4 Å². The number of rotatable bonds is 5. The zero-order valence-corrected chi connectivity index (χ0v) is 10.8. The first-order chi connectivity index (χ1) is 9.42. The van der Waals surface area contributed by atoms with Crippen molar-refractivity contribution in [3.8, 4) is 0 Å². The van der Waals surface area contributed by atoms with Crippen LogP contribution >= 0.6 is 0 Å². The molecule has 2 heteroatoms. The lowest BCUT2D eigenvalue weighted by Gasteiger charge is -2.05. The number of hydrogen-bond donors (Lipinski definition) is 1. The summed E-state index contributed by atoms with van der Waals surface area (Å²) in [7, 11) is 0. The summed E-state index contributed by atoms with van der Waals surface area (Å²) in [6.07, 6.45) is 2.65. The highest BCUT2D eigenvalue weighted by Crippen LogP contribution is 2.15. The van der Waals surface area contributed by atoms with E-state index in [0.717, 1.165) is 25.3 Å². The van der Waals surface area contributed by atoms with E-state index in [1.165, 1.54) is 16.3 Å². The topological polar surface area (TPSA) is 25.2 Å². The van der Waals surface area contributed by atoms with E-state index in [0.29, 0.717) is 0 Å². The molecule has 0 saturated carbocycles. The molecule has 0 spiro atoms. The molecule has 2 nitrogen and oxygen atoms in total. The average Bonchev–Trinajstić information content (AvgIpc) is 2.97. The van der Waals surface area contributed by atoms with Gasteiger partial charge in [-0.3, -0.25) is 0 Å². The summed E-state index contributed by atoms with van der Waals surface area (Å²) in [5.41, 5.74) is 1.32. The van der Waals surface area contributed by atoms with Crippen LogP contribution in [0.25, 0.3) is 10.8 Å². The second-order valence-electron chi connectivity index (χ2n) is 4.69. The Hall–Kier alpha value is -2.06. The molecule has 96 valence electrons. The van der Waals surface area contributed by atoms with E-state index in [2.05, 4.69) is 47.8 Å². The van der Waals surface area contributed by atoms with Crippen molar-refractivity contribution in [2.75, 3.05) is 6.54 Å². The molecule has 1 heterocycles. The van der Waals surface area contributed by atoms with Crippen molar-refractivity contribution in [2.45, 2.75) is 13.0 Å². The van der Waals surface area contributed by atoms with Crippen LogP contribution in [0.4, 0.5) is 0 Å². The molecule has 0 aliphatic carbocycles. The maximum Gasteiger partial charge on any atom is 0.105 e. The molecular weight excluding hydrogens is 234 g/mol. The largest absolute Gasteiger partial charge is 0.469 e. The second kappa shape index (κ2) is 5.72. The van der Waals surface area contributed by atoms with Gasteiger partial charge < -0.3 is 9.73 Å². The lowest BCUT2D eigenvalue weighted by molar-refractivity contribution is 0.499. The number of benzene rings is 2. The Morgan fingerprint density at radius 3 is 2.63 bits per heavy atom. The molecule has 0 bridgehead atoms. The molecule has 2 aromatic carbocycles. The molecule has 3 rings (SSSR count). The van der Waals surface area contributed by atoms with E-state index < -0.39 is 0 Å². The summed E-state index contributed by atoms with van der Waals surface area (Å²) in [4.78, 5) is 0. The summed E-state index contributed by atoms with van der Waals surface area (Å²) >= 11 is 0. The maximum absolute atomic E-state index is 5.30. The van der Waals surface area contributed by atoms with Gasteiger partial charge in [0.25, 0.3) is 0 Å². The Morgan fingerprint density at radius 2 is 1.79 bits per heavy atom. The summed E-state index contributed by atoms with van der Waals surface area (Å²) in [5, 5.41) is 6.04. The smallest absolute Gasteiger partial charge is 0.105 e. The Labute approximate surface area is 113 Å². The maximum atomic E-state index is 5.30. The SMILES string of the molecule is c1coc(CCNCc2ccc3ccccc3c2)c1. The fourth-order valence-corrected chi connectivity index (χ4v) is 2.25. The van der Waals surface area contributed by atoms with Crippen molar-refractivity contribution < 1.29 is 4.42 Å². The molecule has 0 saturated heterocycles. The molecule has 0 amide bonds. The van der Waals surface area contributed by atoms with Crippen molar-refractivity contribution in [1.82, 2.24) is 5.32 Å². The molecule has 0 atom stereocenters. The van der Waals surface area contributed by atoms with Crippen LogP contribution in [0.3, 0.4) is 0 Å². The molecule has 1 N–H and O–H groups in total. The van der Waals surface area contributed by atoms with Gasteiger partial charge in [0.1, 0.15) is 5.76 Å². The Balaban J connectivity index is 1.56. The quantitative estimate of drug-likeness (QED) is 0.698. The van der Waals surface area contributed by atoms with Gasteiger partial charge in [0.05, 0.1) is 6.26 Å². The van der Waals surface area contributed by atoms with Gasteiger partial charge in [-0.2, -0.15) is 0 Å². The Bertz CT molecular complexity index is 643. The third kappa shape index (κ3) is 3.04. The zero-order valence-electron chi connectivity index (χ0n) is 10.8. The number of furan rings is 1. The highest BCUT2D eigenvalue weighted by Gasteiger charge is 1.97. The Kier molecular flexibility index (Phi) is 3.61. The van der Waals surface area contributed by atoms with E-state index in [1.807, 2.05) is 12.1 Å². The van der Waals surface area contributed by atoms with Gasteiger partial charge in [0.2, 0.25) is 0 Å². The highest BCUT2D eigenvalue weighted by atomic mass is 16.3. The number of hydrogen-bond acceptors (Lipinski definition) is 2. The zero-order chi connectivity index (χ0) is 12.9. The first-order valence-corrected chi connectivity index (χ1v) is 6.62. The molecule has 0 unspecified atom stereocenters. The second-order valence-corrected chi connectivity index (χ2v) is 4.69. The minimum absolute atomic E-state index is 0.894. The van der Waals surface area contributed by atoms with Gasteiger partial charge >= 0.3 is 0 Å². The summed E-state index contributed by atoms with van der Waals surface area (Å²) in [5.74, 6) is 1.03. The van der Waals surface area contributed by atoms with E-state index in [4.69, 9.17) is 4.42 Å². The van der Waals surface area contributed by atoms with Crippen molar-refractivity contribution >= 4 is 10.8 Å². The van der Waals surface area contributed by atoms with E-state index in [9.17, 15) is 0 Å². The van der Waals surface area contributed by atoms with Gasteiger partial charge in [-0.15, -0.1) is 0 Å². The van der Waals surface area contributed by atoms with Crippen LogP contribution in [0.1, 0.15) is 11.3 Å². The molecule has 0 aliphatic rings. The average molecular weight is 251 g/mol. The lowest BCUT2D eigenvalue weighted by Crippen LogP contribution is -2.16. The predicted octanol–water partition coefficient (Wildman–Crippen LogP) is 3.77. The van der Waals surface area contributed by atoms with E-state index >= 15 is 0 Å². The van der Waals surface area contributed by atoms with Crippen molar-refractivity contribution in [3.63, 3.8) is 0 Å². The minimum atomic E-state index is 0.894. The molecule has 19 heavy (non-hydrogen) atoms. The van der Waals surface area contributed by atoms with Crippen LogP contribution in [0.5, 0.6) is 0 Å². The molecule has 1 aromatic heterocycles. The molecule has 0 aliphatic heterocycles. The summed E-state index contributed by atoms with van der Waals surface area (Å²) < 4.78 is 5.30. The van der Waals surface area contributed by atoms with Gasteiger partial charge in [-0.05, 0) is 34.5 Å². The molecule has 3 aromatic rings. The third-order valence-electron chi connectivity index (χ3n) is 3.27. The van der Waals surface area contributed by atoms with Crippen molar-refractivity contribution in [1.29, 1.82) is 0 Å². The van der Waals surface area contributed by atoms with Crippen LogP contribution in [0.2, 0.25) is 0 Å². The molecular formula is C17H17NO. The predicted molar refractivity (Wildman–Crippen MR) is 78.1 cm³/mol. The van der Waals surface area contributed by atoms with Crippen molar-refractivity contribution in [2.24, 2.45) is 0 Å². The van der Waals surface area contributed by atoms with Crippen LogP contribution in [-0.2, 0) is 13.0 Å². The normalized spacial score (nSPS) is 10.9. The lowest BCUT2D eigenvalue weighted by atomic mass is 10.1. The first-order valence-electron chi connectivity index (χ1n) is 6.62. The first kappa shape index (κ1) is 12.0. The fourth-order valence-electron chi connectivity index (χ4n) is 2.25. The standard InChI is InChI=1S/C17H17NO/c1-2-5-16-12-14(7-8-15(16)4-1)13-18-10-9-17-6-3-11-19-17/h1-8,11-12,18H,9-10,13H2. The third-order valence-corrected chi connectivity index (χ3v) is 3.27. The van der Waals surface area contributed by atoms with E-state index in [-0.39, 0.29) is 0 Å². The summed E-state index contributed by atoms with van der Waals surface area (Å²) in [6, 6.07) is 19.0. The monoisotopic (exact) mass is 251 g/mol. The highest BCUT2D eigenvalue weighted by molar-refractivity contribution is 5.82. The number of nitrogens with one attached hydrogen (secondary N) is 1. The number of fused-ring (bicyclic) bond motifs is 1. The van der Waals surface area contributed by atoms with Crippen LogP contribution in [0, 0.1) is 0 Å². The van der Waals surface area contributed by atoms with Crippen LogP contribution < -0.4 is 5.32 Å². The summed E-state index contributed by atoms with van der Waals surface area (Å²) in [6.45, 7) is 1.83. The van der Waals surface area contributed by atoms with E-state index in [1.54, 1.807) is 6.26 Å². The Morgan fingerprint density at radius 1 is 0.895 bits per heavy atom. The van der Waals surface area contributed by atoms with Crippen LogP contribution in [-0.4, -0.2) is 6.54 Å². The minimum Gasteiger partial charge on any atom is -0.469 e. The molecule has 0 radical (unpaired) electrons. The van der Waals surface area contributed by atoms with Crippen LogP contribution in [0.15, 0.2) is 65.3 Å². The fraction of sp³-hybridized carbons (Fsp3) is 0.176. The van der Waals surface area contributed by atoms with Crippen molar-refractivity contribution in [3.05, 3.63) is 72.2 Å².